The summed E-state index contributed by atoms with van der Waals surface area (Å²) in [6, 6.07) is 0.312. The van der Waals surface area contributed by atoms with Crippen LogP contribution in [0, 0.1) is 0 Å². The van der Waals surface area contributed by atoms with Crippen molar-refractivity contribution in [3.8, 4) is 0 Å². The highest BCUT2D eigenvalue weighted by Crippen LogP contribution is 2.30. The van der Waals surface area contributed by atoms with Crippen molar-refractivity contribution in [2.24, 2.45) is 0 Å². The summed E-state index contributed by atoms with van der Waals surface area (Å²) in [5.74, 6) is 0. The zero-order chi connectivity index (χ0) is 12.4. The van der Waals surface area contributed by atoms with Gasteiger partial charge in [-0.3, -0.25) is 4.90 Å². The number of carbonyl (C=O) groups excluding carboxylic acids is 1. The van der Waals surface area contributed by atoms with E-state index in [0.29, 0.717) is 6.54 Å². The molecule has 0 saturated heterocycles. The Morgan fingerprint density at radius 3 is 2.76 bits per heavy atom. The Morgan fingerprint density at radius 1 is 1.47 bits per heavy atom. The summed E-state index contributed by atoms with van der Waals surface area (Å²) in [6.07, 6.45) is 3.24. The highest BCUT2D eigenvalue weighted by molar-refractivity contribution is 5.68. The number of fused-ring (bicyclic) bond motifs is 1. The maximum Gasteiger partial charge on any atom is 0.410 e. The minimum Gasteiger partial charge on any atom is -0.453 e. The largest absolute Gasteiger partial charge is 0.453 e. The molecule has 0 saturated carbocycles. The predicted octanol–water partition coefficient (Wildman–Crippen LogP) is 1.59. The molecular formula is C11H18N4O2. The molecule has 6 heteroatoms. The summed E-state index contributed by atoms with van der Waals surface area (Å²) in [4.78, 5) is 13.6. The first kappa shape index (κ1) is 11.9. The third-order valence-electron chi connectivity index (χ3n) is 3.39. The molecule has 1 aliphatic rings. The van der Waals surface area contributed by atoms with Crippen molar-refractivity contribution in [2.45, 2.75) is 45.3 Å². The Labute approximate surface area is 101 Å². The van der Waals surface area contributed by atoms with Gasteiger partial charge in [0, 0.05) is 0 Å². The molecule has 17 heavy (non-hydrogen) atoms. The van der Waals surface area contributed by atoms with E-state index in [4.69, 9.17) is 4.74 Å². The molecule has 0 unspecified atom stereocenters. The summed E-state index contributed by atoms with van der Waals surface area (Å²) in [5, 5.41) is 8.04. The molecule has 94 valence electrons. The predicted molar refractivity (Wildman–Crippen MR) is 61.4 cm³/mol. The second-order valence-electron chi connectivity index (χ2n) is 4.22. The smallest absolute Gasteiger partial charge is 0.410 e. The summed E-state index contributed by atoms with van der Waals surface area (Å²) in [5.41, 5.74) is 0.965. The number of rotatable bonds is 2. The van der Waals surface area contributed by atoms with E-state index in [-0.39, 0.29) is 18.2 Å². The average molecular weight is 238 g/mol. The SMILES string of the molecule is CC[C@@H]1[C@H](CC)n2nncc2CN1C(=O)OC. The monoisotopic (exact) mass is 238 g/mol. The molecule has 0 N–H and O–H groups in total. The first-order chi connectivity index (χ1) is 8.22. The zero-order valence-electron chi connectivity index (χ0n) is 10.5. The van der Waals surface area contributed by atoms with Crippen molar-refractivity contribution in [3.63, 3.8) is 0 Å². The second-order valence-corrected chi connectivity index (χ2v) is 4.22. The Balaban J connectivity index is 2.36. The van der Waals surface area contributed by atoms with Gasteiger partial charge in [0.25, 0.3) is 0 Å². The van der Waals surface area contributed by atoms with Crippen LogP contribution in [0.2, 0.25) is 0 Å². The van der Waals surface area contributed by atoms with E-state index >= 15 is 0 Å². The molecule has 0 aliphatic carbocycles. The standard InChI is InChI=1S/C11H18N4O2/c1-4-9-10(5-2)15-8(6-12-13-15)7-14(9)11(16)17-3/h6,9-10H,4-5,7H2,1-3H3/t9-,10+/m1/s1. The van der Waals surface area contributed by atoms with E-state index in [2.05, 4.69) is 24.2 Å². The van der Waals surface area contributed by atoms with Crippen LogP contribution in [0.3, 0.4) is 0 Å². The lowest BCUT2D eigenvalue weighted by Crippen LogP contribution is -2.48. The molecular weight excluding hydrogens is 220 g/mol. The lowest BCUT2D eigenvalue weighted by Gasteiger charge is -2.39. The van der Waals surface area contributed by atoms with Crippen molar-refractivity contribution < 1.29 is 9.53 Å². The summed E-state index contributed by atoms with van der Waals surface area (Å²) < 4.78 is 6.78. The van der Waals surface area contributed by atoms with Gasteiger partial charge in [-0.15, -0.1) is 5.10 Å². The highest BCUT2D eigenvalue weighted by atomic mass is 16.5. The number of amides is 1. The number of nitrogens with zero attached hydrogens (tertiary/aromatic N) is 4. The van der Waals surface area contributed by atoms with Crippen molar-refractivity contribution >= 4 is 6.09 Å². The van der Waals surface area contributed by atoms with Gasteiger partial charge in [-0.05, 0) is 12.8 Å². The molecule has 1 amide bonds. The van der Waals surface area contributed by atoms with Crippen LogP contribution in [0.15, 0.2) is 6.20 Å². The van der Waals surface area contributed by atoms with Gasteiger partial charge in [-0.1, -0.05) is 19.1 Å². The molecule has 2 heterocycles. The number of carbonyl (C=O) groups is 1. The van der Waals surface area contributed by atoms with Gasteiger partial charge in [0.15, 0.2) is 0 Å². The van der Waals surface area contributed by atoms with Crippen molar-refractivity contribution in [3.05, 3.63) is 11.9 Å². The zero-order valence-corrected chi connectivity index (χ0v) is 10.5. The first-order valence-corrected chi connectivity index (χ1v) is 5.96. The van der Waals surface area contributed by atoms with E-state index in [1.165, 1.54) is 7.11 Å². The van der Waals surface area contributed by atoms with Gasteiger partial charge in [0.05, 0.1) is 37.6 Å². The highest BCUT2D eigenvalue weighted by Gasteiger charge is 2.36. The fourth-order valence-electron chi connectivity index (χ4n) is 2.57. The molecule has 1 aromatic heterocycles. The molecule has 2 atom stereocenters. The molecule has 0 spiro atoms. The lowest BCUT2D eigenvalue weighted by atomic mass is 9.99. The van der Waals surface area contributed by atoms with Gasteiger partial charge in [-0.2, -0.15) is 0 Å². The van der Waals surface area contributed by atoms with E-state index in [1.807, 2.05) is 4.68 Å². The van der Waals surface area contributed by atoms with Crippen molar-refractivity contribution in [2.75, 3.05) is 7.11 Å². The second kappa shape index (κ2) is 4.73. The number of hydrogen-bond donors (Lipinski definition) is 0. The van der Waals surface area contributed by atoms with Crippen molar-refractivity contribution in [1.29, 1.82) is 0 Å². The summed E-state index contributed by atoms with van der Waals surface area (Å²) in [7, 11) is 1.42. The quantitative estimate of drug-likeness (QED) is 0.785. The fourth-order valence-corrected chi connectivity index (χ4v) is 2.57. The molecule has 0 fully saturated rings. The van der Waals surface area contributed by atoms with Crippen LogP contribution in [0.25, 0.3) is 0 Å². The third kappa shape index (κ3) is 1.87. The molecule has 0 aromatic carbocycles. The Morgan fingerprint density at radius 2 is 2.18 bits per heavy atom. The molecule has 1 aromatic rings. The van der Waals surface area contributed by atoms with Gasteiger partial charge in [0.1, 0.15) is 0 Å². The molecule has 2 rings (SSSR count). The average Bonchev–Trinajstić information content (AvgIpc) is 2.83. The van der Waals surface area contributed by atoms with Gasteiger partial charge >= 0.3 is 6.09 Å². The van der Waals surface area contributed by atoms with Crippen LogP contribution in [0.1, 0.15) is 38.4 Å². The summed E-state index contributed by atoms with van der Waals surface area (Å²) in [6.45, 7) is 4.69. The Hall–Kier alpha value is -1.59. The van der Waals surface area contributed by atoms with E-state index < -0.39 is 0 Å². The minimum absolute atomic E-state index is 0.127. The van der Waals surface area contributed by atoms with E-state index in [0.717, 1.165) is 18.5 Å². The van der Waals surface area contributed by atoms with E-state index in [1.54, 1.807) is 11.1 Å². The number of hydrogen-bond acceptors (Lipinski definition) is 4. The van der Waals surface area contributed by atoms with Crippen LogP contribution < -0.4 is 0 Å². The number of aromatic nitrogens is 3. The van der Waals surface area contributed by atoms with Crippen molar-refractivity contribution in [1.82, 2.24) is 19.9 Å². The third-order valence-corrected chi connectivity index (χ3v) is 3.39. The van der Waals surface area contributed by atoms with Gasteiger partial charge in [-0.25, -0.2) is 9.48 Å². The van der Waals surface area contributed by atoms with E-state index in [9.17, 15) is 4.79 Å². The Bertz CT molecular complexity index is 404. The van der Waals surface area contributed by atoms with Crippen LogP contribution >= 0.6 is 0 Å². The van der Waals surface area contributed by atoms with Gasteiger partial charge in [0.2, 0.25) is 0 Å². The fraction of sp³-hybridized carbons (Fsp3) is 0.727. The normalized spacial score (nSPS) is 23.4. The van der Waals surface area contributed by atoms with Crippen LogP contribution in [0.5, 0.6) is 0 Å². The van der Waals surface area contributed by atoms with Crippen LogP contribution in [-0.2, 0) is 11.3 Å². The maximum atomic E-state index is 11.8. The minimum atomic E-state index is -0.275. The topological polar surface area (TPSA) is 60.2 Å². The molecule has 6 nitrogen and oxygen atoms in total. The first-order valence-electron chi connectivity index (χ1n) is 5.96. The Kier molecular flexibility index (Phi) is 3.31. The van der Waals surface area contributed by atoms with Crippen LogP contribution in [-0.4, -0.2) is 39.1 Å². The van der Waals surface area contributed by atoms with Crippen LogP contribution in [0.4, 0.5) is 4.79 Å². The maximum absolute atomic E-state index is 11.8. The van der Waals surface area contributed by atoms with Gasteiger partial charge < -0.3 is 4.74 Å². The lowest BCUT2D eigenvalue weighted by molar-refractivity contribution is 0.0627. The molecule has 0 bridgehead atoms. The summed E-state index contributed by atoms with van der Waals surface area (Å²) >= 11 is 0. The molecule has 0 radical (unpaired) electrons. The number of ether oxygens (including phenoxy) is 1. The number of methoxy groups -OCH3 is 1. The molecule has 1 aliphatic heterocycles.